The number of nitrogens with zero attached hydrogens (tertiary/aromatic N) is 4. The monoisotopic (exact) mass is 440 g/mol. The van der Waals surface area contributed by atoms with Gasteiger partial charge in [0.2, 0.25) is 17.8 Å². The summed E-state index contributed by atoms with van der Waals surface area (Å²) >= 11 is 0. The van der Waals surface area contributed by atoms with Gasteiger partial charge in [-0.15, -0.1) is 24.8 Å². The summed E-state index contributed by atoms with van der Waals surface area (Å²) in [6.07, 6.45) is 4.01. The van der Waals surface area contributed by atoms with Gasteiger partial charge in [0, 0.05) is 57.2 Å². The first-order valence-corrected chi connectivity index (χ1v) is 9.02. The van der Waals surface area contributed by atoms with Crippen molar-refractivity contribution < 1.29 is 9.59 Å². The molecule has 0 bridgehead atoms. The third kappa shape index (κ3) is 7.40. The highest BCUT2D eigenvalue weighted by Crippen LogP contribution is 2.10. The van der Waals surface area contributed by atoms with Crippen molar-refractivity contribution in [3.05, 3.63) is 48.3 Å². The van der Waals surface area contributed by atoms with Crippen LogP contribution in [-0.4, -0.2) is 59.4 Å². The van der Waals surface area contributed by atoms with Crippen molar-refractivity contribution in [3.8, 4) is 0 Å². The van der Waals surface area contributed by atoms with E-state index in [1.807, 2.05) is 17.0 Å². The van der Waals surface area contributed by atoms with Crippen LogP contribution in [0.1, 0.15) is 12.0 Å². The molecule has 2 heterocycles. The van der Waals surface area contributed by atoms with Crippen LogP contribution in [0.5, 0.6) is 0 Å². The van der Waals surface area contributed by atoms with Crippen molar-refractivity contribution in [2.24, 2.45) is 0 Å². The van der Waals surface area contributed by atoms with Gasteiger partial charge in [0.15, 0.2) is 0 Å². The Kier molecular flexibility index (Phi) is 10.2. The van der Waals surface area contributed by atoms with Crippen LogP contribution in [0.3, 0.4) is 0 Å². The van der Waals surface area contributed by atoms with Crippen LogP contribution < -0.4 is 16.0 Å². The molecule has 1 aromatic carbocycles. The van der Waals surface area contributed by atoms with Crippen molar-refractivity contribution in [2.75, 3.05) is 43.4 Å². The Labute approximate surface area is 182 Å². The molecule has 3 rings (SSSR count). The lowest BCUT2D eigenvalue weighted by atomic mass is 10.1. The maximum atomic E-state index is 12.3. The van der Waals surface area contributed by atoms with Gasteiger partial charge in [0.25, 0.3) is 0 Å². The van der Waals surface area contributed by atoms with E-state index < -0.39 is 0 Å². The molecule has 10 heteroatoms. The number of carbonyl (C=O) groups excluding carboxylic acids is 2. The lowest BCUT2D eigenvalue weighted by Crippen LogP contribution is -2.49. The minimum absolute atomic E-state index is 0. The van der Waals surface area contributed by atoms with Gasteiger partial charge in [0.05, 0.1) is 6.42 Å². The Morgan fingerprint density at radius 1 is 1.00 bits per heavy atom. The van der Waals surface area contributed by atoms with E-state index in [0.29, 0.717) is 50.8 Å². The van der Waals surface area contributed by atoms with Crippen molar-refractivity contribution in [3.63, 3.8) is 0 Å². The zero-order valence-electron chi connectivity index (χ0n) is 16.0. The van der Waals surface area contributed by atoms with Gasteiger partial charge in [-0.25, -0.2) is 9.97 Å². The van der Waals surface area contributed by atoms with Crippen LogP contribution >= 0.6 is 24.8 Å². The summed E-state index contributed by atoms with van der Waals surface area (Å²) in [5.74, 6) is 0.648. The quantitative estimate of drug-likeness (QED) is 0.655. The second-order valence-corrected chi connectivity index (χ2v) is 6.43. The molecule has 1 aliphatic rings. The Hall–Kier alpha value is -2.58. The average molecular weight is 441 g/mol. The van der Waals surface area contributed by atoms with Gasteiger partial charge in [-0.1, -0.05) is 12.1 Å². The molecule has 0 radical (unpaired) electrons. The van der Waals surface area contributed by atoms with E-state index in [9.17, 15) is 9.59 Å². The lowest BCUT2D eigenvalue weighted by molar-refractivity contribution is -0.131. The number of benzene rings is 1. The zero-order chi connectivity index (χ0) is 19.1. The molecule has 2 amide bonds. The van der Waals surface area contributed by atoms with Gasteiger partial charge in [-0.05, 0) is 23.8 Å². The number of amides is 2. The van der Waals surface area contributed by atoms with Crippen LogP contribution in [-0.2, 0) is 16.0 Å². The van der Waals surface area contributed by atoms with E-state index in [0.717, 1.165) is 5.56 Å². The van der Waals surface area contributed by atoms with Crippen LogP contribution in [0.25, 0.3) is 0 Å². The van der Waals surface area contributed by atoms with Crippen LogP contribution in [0.4, 0.5) is 11.6 Å². The Morgan fingerprint density at radius 2 is 1.62 bits per heavy atom. The second-order valence-electron chi connectivity index (χ2n) is 6.43. The normalized spacial score (nSPS) is 13.1. The smallest absolute Gasteiger partial charge is 0.225 e. The lowest BCUT2D eigenvalue weighted by Gasteiger charge is -2.34. The molecule has 1 fully saturated rings. The molecule has 3 N–H and O–H groups in total. The number of anilines is 2. The van der Waals surface area contributed by atoms with Crippen molar-refractivity contribution in [2.45, 2.75) is 12.8 Å². The maximum Gasteiger partial charge on any atom is 0.225 e. The van der Waals surface area contributed by atoms with E-state index in [4.69, 9.17) is 5.73 Å². The molecule has 0 aliphatic carbocycles. The van der Waals surface area contributed by atoms with Gasteiger partial charge in [0.1, 0.15) is 0 Å². The first-order chi connectivity index (χ1) is 13.1. The predicted molar refractivity (Wildman–Crippen MR) is 118 cm³/mol. The number of rotatable bonds is 6. The number of carbonyl (C=O) groups is 2. The molecule has 1 aliphatic heterocycles. The van der Waals surface area contributed by atoms with Crippen LogP contribution in [0.2, 0.25) is 0 Å². The Balaban J connectivity index is 0.00000210. The fraction of sp³-hybridized carbons (Fsp3) is 0.368. The molecular weight excluding hydrogens is 415 g/mol. The summed E-state index contributed by atoms with van der Waals surface area (Å²) in [5, 5.41) is 2.80. The van der Waals surface area contributed by atoms with Crippen LogP contribution in [0.15, 0.2) is 42.7 Å². The summed E-state index contributed by atoms with van der Waals surface area (Å²) in [6.45, 7) is 3.03. The third-order valence-corrected chi connectivity index (χ3v) is 4.47. The second kappa shape index (κ2) is 12.1. The van der Waals surface area contributed by atoms with Crippen LogP contribution in [0, 0.1) is 0 Å². The average Bonchev–Trinajstić information content (AvgIpc) is 2.70. The fourth-order valence-electron chi connectivity index (χ4n) is 2.96. The van der Waals surface area contributed by atoms with E-state index in [-0.39, 0.29) is 43.0 Å². The number of hydrogen-bond acceptors (Lipinski definition) is 6. The summed E-state index contributed by atoms with van der Waals surface area (Å²) < 4.78 is 0. The highest BCUT2D eigenvalue weighted by Gasteiger charge is 2.22. The van der Waals surface area contributed by atoms with Gasteiger partial charge in [-0.2, -0.15) is 0 Å². The minimum Gasteiger partial charge on any atom is -0.399 e. The largest absolute Gasteiger partial charge is 0.399 e. The first kappa shape index (κ1) is 24.5. The molecule has 29 heavy (non-hydrogen) atoms. The number of nitrogens with one attached hydrogen (secondary N) is 1. The molecule has 8 nitrogen and oxygen atoms in total. The van der Waals surface area contributed by atoms with E-state index in [1.54, 1.807) is 30.6 Å². The molecule has 158 valence electrons. The third-order valence-electron chi connectivity index (χ3n) is 4.47. The first-order valence-electron chi connectivity index (χ1n) is 9.02. The molecule has 0 spiro atoms. The van der Waals surface area contributed by atoms with Crippen molar-refractivity contribution >= 4 is 48.3 Å². The predicted octanol–water partition coefficient (Wildman–Crippen LogP) is 1.30. The molecule has 1 saturated heterocycles. The minimum atomic E-state index is -0.0985. The highest BCUT2D eigenvalue weighted by molar-refractivity contribution is 5.85. The molecule has 1 aromatic heterocycles. The standard InChI is InChI=1S/C19H24N6O2.2ClH/c20-16-4-2-15(3-5-16)14-17(26)21-9-6-18(27)24-10-12-25(13-11-24)19-22-7-1-8-23-19;;/h1-5,7-8H,6,9-14,20H2,(H,21,26);2*1H. The van der Waals surface area contributed by atoms with Crippen molar-refractivity contribution in [1.82, 2.24) is 20.2 Å². The number of piperazine rings is 1. The van der Waals surface area contributed by atoms with Gasteiger partial charge in [-0.3, -0.25) is 9.59 Å². The molecule has 0 atom stereocenters. The Bertz CT molecular complexity index is 768. The maximum absolute atomic E-state index is 12.3. The summed E-state index contributed by atoms with van der Waals surface area (Å²) in [4.78, 5) is 36.7. The number of halogens is 2. The number of nitrogen functional groups attached to an aromatic ring is 1. The highest BCUT2D eigenvalue weighted by atomic mass is 35.5. The number of nitrogens with two attached hydrogens (primary N) is 1. The SMILES string of the molecule is Cl.Cl.Nc1ccc(CC(=O)NCCC(=O)N2CCN(c3ncccn3)CC2)cc1. The van der Waals surface area contributed by atoms with E-state index in [2.05, 4.69) is 20.2 Å². The Morgan fingerprint density at radius 3 is 2.24 bits per heavy atom. The fourth-order valence-corrected chi connectivity index (χ4v) is 2.96. The van der Waals surface area contributed by atoms with Gasteiger partial charge < -0.3 is 20.9 Å². The van der Waals surface area contributed by atoms with Gasteiger partial charge >= 0.3 is 0 Å². The van der Waals surface area contributed by atoms with E-state index in [1.165, 1.54) is 0 Å². The van der Waals surface area contributed by atoms with E-state index >= 15 is 0 Å². The van der Waals surface area contributed by atoms with Crippen molar-refractivity contribution in [1.29, 1.82) is 0 Å². The summed E-state index contributed by atoms with van der Waals surface area (Å²) in [5.41, 5.74) is 7.20. The zero-order valence-corrected chi connectivity index (χ0v) is 17.6. The summed E-state index contributed by atoms with van der Waals surface area (Å²) in [7, 11) is 0. The molecule has 0 saturated carbocycles. The molecular formula is C19H26Cl2N6O2. The number of aromatic nitrogens is 2. The number of hydrogen-bond donors (Lipinski definition) is 2. The summed E-state index contributed by atoms with van der Waals surface area (Å²) in [6, 6.07) is 8.98. The topological polar surface area (TPSA) is 104 Å². The molecule has 0 unspecified atom stereocenters. The molecule has 2 aromatic rings.